The van der Waals surface area contributed by atoms with Crippen LogP contribution in [0.4, 0.5) is 11.4 Å². The molecule has 140 valence electrons. The molecule has 0 aliphatic heterocycles. The lowest BCUT2D eigenvalue weighted by Crippen LogP contribution is -2.37. The van der Waals surface area contributed by atoms with Crippen molar-refractivity contribution in [1.29, 1.82) is 0 Å². The van der Waals surface area contributed by atoms with Gasteiger partial charge >= 0.3 is 0 Å². The molecule has 0 spiro atoms. The largest absolute Gasteiger partial charge is 0.497 e. The van der Waals surface area contributed by atoms with E-state index in [1.54, 1.807) is 36.4 Å². The Morgan fingerprint density at radius 3 is 2.42 bits per heavy atom. The average molecular weight is 399 g/mol. The fraction of sp³-hybridized carbons (Fsp3) is 0.235. The highest BCUT2D eigenvalue weighted by Crippen LogP contribution is 2.30. The van der Waals surface area contributed by atoms with Crippen LogP contribution in [0.15, 0.2) is 42.5 Å². The van der Waals surface area contributed by atoms with Gasteiger partial charge in [0.25, 0.3) is 0 Å². The highest BCUT2D eigenvalue weighted by molar-refractivity contribution is 7.92. The summed E-state index contributed by atoms with van der Waals surface area (Å²) in [4.78, 5) is 12.5. The number of carbonyl (C=O) groups excluding carboxylic acids is 1. The van der Waals surface area contributed by atoms with Crippen molar-refractivity contribution in [3.8, 4) is 11.5 Å². The maximum atomic E-state index is 12.5. The molecule has 0 bridgehead atoms. The number of sulfonamides is 1. The van der Waals surface area contributed by atoms with Gasteiger partial charge in [0.05, 0.1) is 36.9 Å². The van der Waals surface area contributed by atoms with Crippen LogP contribution in [0.25, 0.3) is 0 Å². The van der Waals surface area contributed by atoms with Crippen LogP contribution in [0.3, 0.4) is 0 Å². The van der Waals surface area contributed by atoms with Gasteiger partial charge in [0.2, 0.25) is 15.9 Å². The first-order valence-electron chi connectivity index (χ1n) is 7.50. The molecule has 9 heteroatoms. The number of nitrogens with one attached hydrogen (secondary N) is 1. The van der Waals surface area contributed by atoms with Crippen molar-refractivity contribution in [2.24, 2.45) is 0 Å². The standard InChI is InChI=1S/C17H19ClN2O5S/c1-24-12-8-9-16(25-2)14(10-12)19-17(21)11-20(26(3,22)23)15-7-5-4-6-13(15)18/h4-10H,11H2,1-3H3,(H,19,21). The Hall–Kier alpha value is -2.45. The van der Waals surface area contributed by atoms with E-state index in [9.17, 15) is 13.2 Å². The lowest BCUT2D eigenvalue weighted by molar-refractivity contribution is -0.114. The summed E-state index contributed by atoms with van der Waals surface area (Å²) in [5, 5.41) is 2.86. The summed E-state index contributed by atoms with van der Waals surface area (Å²) >= 11 is 6.08. The maximum absolute atomic E-state index is 12.5. The van der Waals surface area contributed by atoms with Crippen molar-refractivity contribution in [2.75, 3.05) is 36.6 Å². The fourth-order valence-corrected chi connectivity index (χ4v) is 3.42. The summed E-state index contributed by atoms with van der Waals surface area (Å²) in [6, 6.07) is 11.3. The van der Waals surface area contributed by atoms with Crippen LogP contribution in [0, 0.1) is 0 Å². The second-order valence-corrected chi connectivity index (χ2v) is 7.65. The minimum absolute atomic E-state index is 0.226. The van der Waals surface area contributed by atoms with Crippen LogP contribution in [-0.2, 0) is 14.8 Å². The Labute approximate surface area is 157 Å². The molecule has 2 aromatic rings. The third-order valence-corrected chi connectivity index (χ3v) is 4.94. The van der Waals surface area contributed by atoms with E-state index in [4.69, 9.17) is 21.1 Å². The van der Waals surface area contributed by atoms with Crippen molar-refractivity contribution >= 4 is 38.9 Å². The Morgan fingerprint density at radius 2 is 1.85 bits per heavy atom. The van der Waals surface area contributed by atoms with Crippen molar-refractivity contribution in [3.63, 3.8) is 0 Å². The zero-order valence-electron chi connectivity index (χ0n) is 14.5. The van der Waals surface area contributed by atoms with E-state index in [2.05, 4.69) is 5.32 Å². The number of ether oxygens (including phenoxy) is 2. The summed E-state index contributed by atoms with van der Waals surface area (Å²) in [7, 11) is -0.766. The molecule has 0 radical (unpaired) electrons. The SMILES string of the molecule is COc1ccc(OC)c(NC(=O)CN(c2ccccc2Cl)S(C)(=O)=O)c1. The molecule has 0 heterocycles. The van der Waals surface area contributed by atoms with Crippen molar-refractivity contribution in [2.45, 2.75) is 0 Å². The Balaban J connectivity index is 2.28. The highest BCUT2D eigenvalue weighted by Gasteiger charge is 2.23. The van der Waals surface area contributed by atoms with E-state index in [0.29, 0.717) is 17.2 Å². The molecule has 0 aromatic heterocycles. The van der Waals surface area contributed by atoms with Gasteiger partial charge in [-0.25, -0.2) is 8.42 Å². The molecule has 0 aliphatic carbocycles. The van der Waals surface area contributed by atoms with Crippen LogP contribution in [0.2, 0.25) is 5.02 Å². The monoisotopic (exact) mass is 398 g/mol. The molecule has 0 aliphatic rings. The second-order valence-electron chi connectivity index (χ2n) is 5.34. The minimum atomic E-state index is -3.72. The van der Waals surface area contributed by atoms with Gasteiger partial charge in [-0.05, 0) is 24.3 Å². The molecule has 0 fully saturated rings. The van der Waals surface area contributed by atoms with Gasteiger partial charge in [-0.1, -0.05) is 23.7 Å². The van der Waals surface area contributed by atoms with Gasteiger partial charge in [0, 0.05) is 6.07 Å². The van der Waals surface area contributed by atoms with Crippen LogP contribution < -0.4 is 19.1 Å². The molecule has 2 aromatic carbocycles. The first-order chi connectivity index (χ1) is 12.3. The van der Waals surface area contributed by atoms with Gasteiger partial charge in [0.1, 0.15) is 18.0 Å². The van der Waals surface area contributed by atoms with E-state index in [1.807, 2.05) is 0 Å². The normalized spacial score (nSPS) is 10.9. The molecule has 1 N–H and O–H groups in total. The number of methoxy groups -OCH3 is 2. The quantitative estimate of drug-likeness (QED) is 0.775. The molecular weight excluding hydrogens is 380 g/mol. The maximum Gasteiger partial charge on any atom is 0.245 e. The predicted octanol–water partition coefficient (Wildman–Crippen LogP) is 2.76. The van der Waals surface area contributed by atoms with Crippen LogP contribution in [-0.4, -0.2) is 41.3 Å². The molecule has 0 saturated heterocycles. The number of benzene rings is 2. The lowest BCUT2D eigenvalue weighted by Gasteiger charge is -2.23. The van der Waals surface area contributed by atoms with E-state index in [1.165, 1.54) is 20.3 Å². The summed E-state index contributed by atoms with van der Waals surface area (Å²) in [6.45, 7) is -0.442. The minimum Gasteiger partial charge on any atom is -0.497 e. The van der Waals surface area contributed by atoms with Gasteiger partial charge in [-0.3, -0.25) is 9.10 Å². The molecule has 0 atom stereocenters. The number of halogens is 1. The lowest BCUT2D eigenvalue weighted by atomic mass is 10.2. The number of hydrogen-bond donors (Lipinski definition) is 1. The summed E-state index contributed by atoms with van der Waals surface area (Å²) in [6.07, 6.45) is 1.01. The van der Waals surface area contributed by atoms with Crippen LogP contribution in [0.1, 0.15) is 0 Å². The number of hydrogen-bond acceptors (Lipinski definition) is 5. The third-order valence-electron chi connectivity index (χ3n) is 3.49. The molecule has 2 rings (SSSR count). The number of nitrogens with zero attached hydrogens (tertiary/aromatic N) is 1. The number of carbonyl (C=O) groups is 1. The summed E-state index contributed by atoms with van der Waals surface area (Å²) < 4.78 is 35.5. The van der Waals surface area contributed by atoms with E-state index >= 15 is 0 Å². The second kappa shape index (κ2) is 8.29. The van der Waals surface area contributed by atoms with E-state index in [0.717, 1.165) is 10.6 Å². The fourth-order valence-electron chi connectivity index (χ4n) is 2.27. The smallest absolute Gasteiger partial charge is 0.245 e. The molecule has 7 nitrogen and oxygen atoms in total. The Morgan fingerprint density at radius 1 is 1.15 bits per heavy atom. The topological polar surface area (TPSA) is 84.9 Å². The zero-order chi connectivity index (χ0) is 19.3. The van der Waals surface area contributed by atoms with E-state index in [-0.39, 0.29) is 10.7 Å². The van der Waals surface area contributed by atoms with Gasteiger partial charge in [-0.2, -0.15) is 0 Å². The Kier molecular flexibility index (Phi) is 6.33. The number of para-hydroxylation sites is 1. The van der Waals surface area contributed by atoms with Gasteiger partial charge in [-0.15, -0.1) is 0 Å². The Bertz CT molecular complexity index is 902. The first-order valence-corrected chi connectivity index (χ1v) is 9.73. The molecule has 0 unspecified atom stereocenters. The van der Waals surface area contributed by atoms with Crippen LogP contribution in [0.5, 0.6) is 11.5 Å². The summed E-state index contributed by atoms with van der Waals surface area (Å²) in [5.74, 6) is 0.386. The van der Waals surface area contributed by atoms with Crippen molar-refractivity contribution in [1.82, 2.24) is 0 Å². The van der Waals surface area contributed by atoms with E-state index < -0.39 is 22.5 Å². The number of rotatable bonds is 7. The van der Waals surface area contributed by atoms with Gasteiger partial charge in [0.15, 0.2) is 0 Å². The van der Waals surface area contributed by atoms with Crippen molar-refractivity contribution < 1.29 is 22.7 Å². The number of anilines is 2. The first kappa shape index (κ1) is 19.9. The van der Waals surface area contributed by atoms with Crippen molar-refractivity contribution in [3.05, 3.63) is 47.5 Å². The molecule has 0 saturated carbocycles. The molecule has 1 amide bonds. The zero-order valence-corrected chi connectivity index (χ0v) is 16.1. The average Bonchev–Trinajstić information content (AvgIpc) is 2.59. The predicted molar refractivity (Wildman–Crippen MR) is 102 cm³/mol. The summed E-state index contributed by atoms with van der Waals surface area (Å²) in [5.41, 5.74) is 0.592. The van der Waals surface area contributed by atoms with Gasteiger partial charge < -0.3 is 14.8 Å². The highest BCUT2D eigenvalue weighted by atomic mass is 35.5. The van der Waals surface area contributed by atoms with Crippen LogP contribution >= 0.6 is 11.6 Å². The molecule has 26 heavy (non-hydrogen) atoms. The third kappa shape index (κ3) is 4.80. The molecular formula is C17H19ClN2O5S. The number of amides is 1.